The van der Waals surface area contributed by atoms with E-state index >= 15 is 0 Å². The molecular formula is C21H22FN3O4. The van der Waals surface area contributed by atoms with Crippen molar-refractivity contribution in [1.82, 2.24) is 9.55 Å². The van der Waals surface area contributed by atoms with Crippen LogP contribution in [-0.4, -0.2) is 15.5 Å². The summed E-state index contributed by atoms with van der Waals surface area (Å²) in [7, 11) is 1.22. The number of ether oxygens (including phenoxy) is 1. The minimum Gasteiger partial charge on any atom is -0.423 e. The second-order valence-electron chi connectivity index (χ2n) is 5.86. The molecule has 2 N–H and O–H groups in total. The molecule has 0 aliphatic carbocycles. The molecule has 29 heavy (non-hydrogen) atoms. The Labute approximate surface area is 166 Å². The first-order valence-electron chi connectivity index (χ1n) is 9.00. The number of aromatic nitrogens is 2. The molecule has 3 aromatic rings. The Morgan fingerprint density at radius 2 is 1.76 bits per heavy atom. The molecule has 0 saturated heterocycles. The molecule has 0 saturated carbocycles. The van der Waals surface area contributed by atoms with Crippen molar-refractivity contribution in [2.24, 2.45) is 7.05 Å². The number of rotatable bonds is 4. The maximum absolute atomic E-state index is 14.1. The number of hydrogen-bond acceptors (Lipinski definition) is 5. The maximum atomic E-state index is 14.1. The Morgan fingerprint density at radius 1 is 1.10 bits per heavy atom. The van der Waals surface area contributed by atoms with Gasteiger partial charge in [-0.05, 0) is 36.8 Å². The molecule has 7 nitrogen and oxygen atoms in total. The molecule has 0 aliphatic rings. The summed E-state index contributed by atoms with van der Waals surface area (Å²) in [6.07, 6.45) is 0. The van der Waals surface area contributed by atoms with Gasteiger partial charge in [-0.25, -0.2) is 14.0 Å². The number of para-hydroxylation sites is 1. The largest absolute Gasteiger partial charge is 0.423 e. The average molecular weight is 399 g/mol. The number of carbonyl (C=O) groups excluding carboxylic acids is 1. The highest BCUT2D eigenvalue weighted by molar-refractivity contribution is 5.96. The van der Waals surface area contributed by atoms with E-state index in [1.165, 1.54) is 19.2 Å². The van der Waals surface area contributed by atoms with Crippen molar-refractivity contribution in [2.75, 3.05) is 5.32 Å². The van der Waals surface area contributed by atoms with Gasteiger partial charge in [-0.3, -0.25) is 14.3 Å². The molecule has 0 unspecified atom stereocenters. The van der Waals surface area contributed by atoms with Crippen LogP contribution >= 0.6 is 0 Å². The lowest BCUT2D eigenvalue weighted by Crippen LogP contribution is -2.38. The minimum atomic E-state index is -0.979. The number of hydrogen-bond donors (Lipinski definition) is 2. The fraction of sp³-hybridized carbons (Fsp3) is 0.190. The summed E-state index contributed by atoms with van der Waals surface area (Å²) in [6.45, 7) is 5.72. The third kappa shape index (κ3) is 4.98. The van der Waals surface area contributed by atoms with Gasteiger partial charge in [0.2, 0.25) is 0 Å². The molecule has 1 aromatic heterocycles. The number of anilines is 2. The van der Waals surface area contributed by atoms with Crippen molar-refractivity contribution in [2.45, 2.75) is 20.8 Å². The summed E-state index contributed by atoms with van der Waals surface area (Å²) in [5, 5.41) is 2.60. The lowest BCUT2D eigenvalue weighted by molar-refractivity contribution is 0.0733. The van der Waals surface area contributed by atoms with Crippen LogP contribution in [0.2, 0.25) is 0 Å². The van der Waals surface area contributed by atoms with Crippen LogP contribution in [0.25, 0.3) is 0 Å². The van der Waals surface area contributed by atoms with Crippen LogP contribution in [0.1, 0.15) is 29.8 Å². The molecule has 0 amide bonds. The zero-order valence-electron chi connectivity index (χ0n) is 16.6. The van der Waals surface area contributed by atoms with Gasteiger partial charge >= 0.3 is 11.7 Å². The van der Waals surface area contributed by atoms with Crippen molar-refractivity contribution in [3.05, 3.63) is 86.3 Å². The van der Waals surface area contributed by atoms with Gasteiger partial charge in [0, 0.05) is 7.05 Å². The van der Waals surface area contributed by atoms with Gasteiger partial charge in [-0.2, -0.15) is 0 Å². The minimum absolute atomic E-state index is 0.00161. The third-order valence-corrected chi connectivity index (χ3v) is 3.85. The summed E-state index contributed by atoms with van der Waals surface area (Å²) in [5.41, 5.74) is -1.38. The van der Waals surface area contributed by atoms with E-state index in [-0.39, 0.29) is 17.3 Å². The summed E-state index contributed by atoms with van der Waals surface area (Å²) in [6, 6.07) is 12.5. The van der Waals surface area contributed by atoms with Crippen LogP contribution in [0, 0.1) is 12.7 Å². The summed E-state index contributed by atoms with van der Waals surface area (Å²) in [4.78, 5) is 39.4. The molecule has 0 aliphatic heterocycles. The lowest BCUT2D eigenvalue weighted by Gasteiger charge is -2.13. The number of H-pyrrole nitrogens is 1. The van der Waals surface area contributed by atoms with Crippen molar-refractivity contribution in [3.63, 3.8) is 0 Å². The molecule has 152 valence electrons. The Bertz CT molecular complexity index is 1120. The fourth-order valence-electron chi connectivity index (χ4n) is 2.41. The maximum Gasteiger partial charge on any atom is 0.352 e. The standard InChI is InChI=1S/C19H16FN3O4.C2H6/c1-11-8-9-14(13(20)10-11)21-16-15(17(24)23(2)19(26)22-16)18(25)27-12-6-4-3-5-7-12;1-2/h3-10,21H,1-2H3,(H,22,26);1-2H3. The fourth-order valence-corrected chi connectivity index (χ4v) is 2.41. The molecule has 3 rings (SSSR count). The highest BCUT2D eigenvalue weighted by atomic mass is 19.1. The number of halogens is 1. The van der Waals surface area contributed by atoms with E-state index in [0.717, 1.165) is 4.57 Å². The smallest absolute Gasteiger partial charge is 0.352 e. The molecule has 0 fully saturated rings. The zero-order chi connectivity index (χ0) is 21.6. The topological polar surface area (TPSA) is 93.2 Å². The summed E-state index contributed by atoms with van der Waals surface area (Å²) < 4.78 is 20.1. The summed E-state index contributed by atoms with van der Waals surface area (Å²) in [5.74, 6) is -1.60. The number of carbonyl (C=O) groups is 1. The summed E-state index contributed by atoms with van der Waals surface area (Å²) >= 11 is 0. The first-order valence-corrected chi connectivity index (χ1v) is 9.00. The van der Waals surface area contributed by atoms with Crippen molar-refractivity contribution >= 4 is 17.5 Å². The first kappa shape index (κ1) is 21.6. The van der Waals surface area contributed by atoms with Crippen molar-refractivity contribution in [3.8, 4) is 5.75 Å². The number of aromatic amines is 1. The number of nitrogens with zero attached hydrogens (tertiary/aromatic N) is 1. The molecule has 0 spiro atoms. The quantitative estimate of drug-likeness (QED) is 0.517. The Kier molecular flexibility index (Phi) is 7.08. The monoisotopic (exact) mass is 399 g/mol. The third-order valence-electron chi connectivity index (χ3n) is 3.85. The molecule has 0 radical (unpaired) electrons. The average Bonchev–Trinajstić information content (AvgIpc) is 2.70. The normalized spacial score (nSPS) is 9.97. The van der Waals surface area contributed by atoms with Gasteiger partial charge in [0.15, 0.2) is 5.56 Å². The highest BCUT2D eigenvalue weighted by Crippen LogP contribution is 2.21. The van der Waals surface area contributed by atoms with Gasteiger partial charge in [-0.1, -0.05) is 38.1 Å². The first-order chi connectivity index (χ1) is 13.9. The van der Waals surface area contributed by atoms with Gasteiger partial charge in [0.1, 0.15) is 17.4 Å². The van der Waals surface area contributed by atoms with E-state index in [1.54, 1.807) is 43.3 Å². The predicted molar refractivity (Wildman–Crippen MR) is 109 cm³/mol. The predicted octanol–water partition coefficient (Wildman–Crippen LogP) is 3.51. The van der Waals surface area contributed by atoms with Crippen LogP contribution in [0.5, 0.6) is 5.75 Å². The van der Waals surface area contributed by atoms with Gasteiger partial charge in [0.25, 0.3) is 5.56 Å². The Morgan fingerprint density at radius 3 is 2.38 bits per heavy atom. The second kappa shape index (κ2) is 9.50. The molecular weight excluding hydrogens is 377 g/mol. The van der Waals surface area contributed by atoms with Crippen molar-refractivity contribution in [1.29, 1.82) is 0 Å². The zero-order valence-corrected chi connectivity index (χ0v) is 16.6. The Balaban J connectivity index is 0.00000145. The van der Waals surface area contributed by atoms with Crippen molar-refractivity contribution < 1.29 is 13.9 Å². The Hall–Kier alpha value is -3.68. The molecule has 0 atom stereocenters. The van der Waals surface area contributed by atoms with Gasteiger partial charge in [0.05, 0.1) is 5.69 Å². The molecule has 0 bridgehead atoms. The lowest BCUT2D eigenvalue weighted by atomic mass is 10.2. The van der Waals surface area contributed by atoms with E-state index in [0.29, 0.717) is 5.56 Å². The van der Waals surface area contributed by atoms with Crippen LogP contribution < -0.4 is 21.3 Å². The highest BCUT2D eigenvalue weighted by Gasteiger charge is 2.22. The molecule has 8 heteroatoms. The van der Waals surface area contributed by atoms with Gasteiger partial charge < -0.3 is 10.1 Å². The number of esters is 1. The van der Waals surface area contributed by atoms with E-state index in [4.69, 9.17) is 4.74 Å². The molecule has 2 aromatic carbocycles. The second-order valence-corrected chi connectivity index (χ2v) is 5.86. The van der Waals surface area contributed by atoms with E-state index in [2.05, 4.69) is 10.3 Å². The van der Waals surface area contributed by atoms with Crippen LogP contribution in [0.3, 0.4) is 0 Å². The SMILES string of the molecule is CC.Cc1ccc(Nc2[nH]c(=O)n(C)c(=O)c2C(=O)Oc2ccccc2)c(F)c1. The van der Waals surface area contributed by atoms with Crippen LogP contribution in [-0.2, 0) is 7.05 Å². The van der Waals surface area contributed by atoms with E-state index < -0.39 is 28.6 Å². The number of benzene rings is 2. The van der Waals surface area contributed by atoms with Crippen LogP contribution in [0.4, 0.5) is 15.9 Å². The van der Waals surface area contributed by atoms with Gasteiger partial charge in [-0.15, -0.1) is 0 Å². The van der Waals surface area contributed by atoms with E-state index in [1.807, 2.05) is 13.8 Å². The molecule has 1 heterocycles. The van der Waals surface area contributed by atoms with Crippen LogP contribution in [0.15, 0.2) is 58.1 Å². The number of aryl methyl sites for hydroxylation is 1. The van der Waals surface area contributed by atoms with E-state index in [9.17, 15) is 18.8 Å². The number of nitrogens with one attached hydrogen (secondary N) is 2.